The van der Waals surface area contributed by atoms with E-state index >= 15 is 0 Å². The molecule has 2 aromatic rings. The lowest BCUT2D eigenvalue weighted by Gasteiger charge is -2.14. The Morgan fingerprint density at radius 1 is 1.12 bits per heavy atom. The second-order valence-electron chi connectivity index (χ2n) is 4.13. The molecule has 1 aromatic heterocycles. The van der Waals surface area contributed by atoms with Crippen LogP contribution in [0.3, 0.4) is 0 Å². The third-order valence-corrected chi connectivity index (χ3v) is 2.63. The van der Waals surface area contributed by atoms with Gasteiger partial charge in [-0.1, -0.05) is 17.7 Å². The summed E-state index contributed by atoms with van der Waals surface area (Å²) >= 11 is 0. The van der Waals surface area contributed by atoms with Crippen LogP contribution in [0.1, 0.15) is 24.2 Å². The molecule has 0 bridgehead atoms. The smallest absolute Gasteiger partial charge is 0.141 e. The Balaban J connectivity index is 2.08. The van der Waals surface area contributed by atoms with Crippen molar-refractivity contribution in [1.82, 2.24) is 4.98 Å². The number of aryl methyl sites for hydroxylation is 1. The Hall–Kier alpha value is -1.90. The van der Waals surface area contributed by atoms with Crippen LogP contribution >= 0.6 is 0 Å². The van der Waals surface area contributed by atoms with Gasteiger partial charge in [0.05, 0.1) is 17.9 Å². The molecule has 1 atom stereocenters. The lowest BCUT2D eigenvalue weighted by molar-refractivity contribution is 0.617. The summed E-state index contributed by atoms with van der Waals surface area (Å²) in [6, 6.07) is 11.3. The summed E-state index contributed by atoms with van der Waals surface area (Å²) in [6.07, 6.45) is 1.24. The van der Waals surface area contributed by atoms with Gasteiger partial charge < -0.3 is 5.32 Å². The second kappa shape index (κ2) is 4.95. The molecule has 2 nitrogen and oxygen atoms in total. The van der Waals surface area contributed by atoms with Crippen molar-refractivity contribution >= 4 is 5.69 Å². The third-order valence-electron chi connectivity index (χ3n) is 2.63. The fraction of sp³-hybridized carbons (Fsp3) is 0.214. The Morgan fingerprint density at radius 3 is 2.41 bits per heavy atom. The van der Waals surface area contributed by atoms with Crippen molar-refractivity contribution in [3.05, 3.63) is 59.7 Å². The van der Waals surface area contributed by atoms with Crippen LogP contribution in [0.2, 0.25) is 0 Å². The molecule has 1 aromatic carbocycles. The quantitative estimate of drug-likeness (QED) is 0.869. The summed E-state index contributed by atoms with van der Waals surface area (Å²) < 4.78 is 12.7. The zero-order chi connectivity index (χ0) is 12.3. The molecule has 0 saturated heterocycles. The van der Waals surface area contributed by atoms with Gasteiger partial charge >= 0.3 is 0 Å². The van der Waals surface area contributed by atoms with Crippen LogP contribution in [0.4, 0.5) is 10.1 Å². The van der Waals surface area contributed by atoms with Crippen LogP contribution in [-0.2, 0) is 0 Å². The first-order chi connectivity index (χ1) is 8.15. The summed E-state index contributed by atoms with van der Waals surface area (Å²) in [5.41, 5.74) is 3.09. The number of aromatic nitrogens is 1. The third kappa shape index (κ3) is 3.03. The number of pyridine rings is 1. The van der Waals surface area contributed by atoms with Crippen molar-refractivity contribution in [2.45, 2.75) is 19.9 Å². The monoisotopic (exact) mass is 230 g/mol. The highest BCUT2D eigenvalue weighted by atomic mass is 19.1. The van der Waals surface area contributed by atoms with Gasteiger partial charge in [0.2, 0.25) is 0 Å². The SMILES string of the molecule is Cc1ccc(NC(C)c2ccc(F)cn2)cc1. The minimum atomic E-state index is -0.309. The maximum Gasteiger partial charge on any atom is 0.141 e. The van der Waals surface area contributed by atoms with E-state index in [0.29, 0.717) is 0 Å². The van der Waals surface area contributed by atoms with Crippen molar-refractivity contribution in [3.8, 4) is 0 Å². The summed E-state index contributed by atoms with van der Waals surface area (Å²) in [6.45, 7) is 4.05. The minimum Gasteiger partial charge on any atom is -0.377 e. The molecule has 0 amide bonds. The predicted octanol–water partition coefficient (Wildman–Crippen LogP) is 3.70. The number of rotatable bonds is 3. The first-order valence-electron chi connectivity index (χ1n) is 5.60. The van der Waals surface area contributed by atoms with E-state index in [-0.39, 0.29) is 11.9 Å². The molecule has 88 valence electrons. The minimum absolute atomic E-state index is 0.0540. The maximum atomic E-state index is 12.7. The Kier molecular flexibility index (Phi) is 3.38. The molecular formula is C14H15FN2. The average Bonchev–Trinajstić information content (AvgIpc) is 2.33. The van der Waals surface area contributed by atoms with Crippen molar-refractivity contribution in [2.24, 2.45) is 0 Å². The summed E-state index contributed by atoms with van der Waals surface area (Å²) in [5, 5.41) is 3.32. The molecule has 0 aliphatic carbocycles. The number of benzene rings is 1. The van der Waals surface area contributed by atoms with Gasteiger partial charge in [-0.2, -0.15) is 0 Å². The summed E-state index contributed by atoms with van der Waals surface area (Å²) in [5.74, 6) is -0.309. The molecule has 1 heterocycles. The number of halogens is 1. The van der Waals surface area contributed by atoms with E-state index in [4.69, 9.17) is 0 Å². The van der Waals surface area contributed by atoms with Crippen molar-refractivity contribution in [2.75, 3.05) is 5.32 Å². The number of anilines is 1. The van der Waals surface area contributed by atoms with Gasteiger partial charge in [-0.25, -0.2) is 4.39 Å². The van der Waals surface area contributed by atoms with Gasteiger partial charge in [0.1, 0.15) is 5.82 Å². The van der Waals surface area contributed by atoms with Crippen molar-refractivity contribution in [3.63, 3.8) is 0 Å². The predicted molar refractivity (Wildman–Crippen MR) is 67.4 cm³/mol. The van der Waals surface area contributed by atoms with E-state index in [1.165, 1.54) is 17.8 Å². The fourth-order valence-corrected chi connectivity index (χ4v) is 1.62. The number of hydrogen-bond donors (Lipinski definition) is 1. The van der Waals surface area contributed by atoms with Gasteiger partial charge in [-0.3, -0.25) is 4.98 Å². The molecule has 1 N–H and O–H groups in total. The van der Waals surface area contributed by atoms with Gasteiger partial charge in [-0.05, 0) is 38.1 Å². The van der Waals surface area contributed by atoms with E-state index in [1.54, 1.807) is 6.07 Å². The number of hydrogen-bond acceptors (Lipinski definition) is 2. The number of nitrogens with one attached hydrogen (secondary N) is 1. The Morgan fingerprint density at radius 2 is 1.82 bits per heavy atom. The lowest BCUT2D eigenvalue weighted by atomic mass is 10.2. The van der Waals surface area contributed by atoms with Crippen LogP contribution in [0.25, 0.3) is 0 Å². The molecule has 0 radical (unpaired) electrons. The van der Waals surface area contributed by atoms with E-state index in [0.717, 1.165) is 11.4 Å². The molecule has 2 rings (SSSR count). The Bertz CT molecular complexity index is 477. The molecule has 17 heavy (non-hydrogen) atoms. The first kappa shape index (κ1) is 11.6. The molecule has 0 saturated carbocycles. The number of nitrogens with zero attached hydrogens (tertiary/aromatic N) is 1. The average molecular weight is 230 g/mol. The molecule has 3 heteroatoms. The van der Waals surface area contributed by atoms with E-state index < -0.39 is 0 Å². The lowest BCUT2D eigenvalue weighted by Crippen LogP contribution is -2.08. The fourth-order valence-electron chi connectivity index (χ4n) is 1.62. The van der Waals surface area contributed by atoms with Gasteiger partial charge in [0.15, 0.2) is 0 Å². The molecule has 1 unspecified atom stereocenters. The zero-order valence-electron chi connectivity index (χ0n) is 9.94. The van der Waals surface area contributed by atoms with Crippen LogP contribution in [0.15, 0.2) is 42.6 Å². The van der Waals surface area contributed by atoms with E-state index in [9.17, 15) is 4.39 Å². The molecule has 0 fully saturated rings. The van der Waals surface area contributed by atoms with Crippen LogP contribution in [-0.4, -0.2) is 4.98 Å². The molecule has 0 spiro atoms. The van der Waals surface area contributed by atoms with Gasteiger partial charge in [0.25, 0.3) is 0 Å². The maximum absolute atomic E-state index is 12.7. The molecule has 0 aliphatic heterocycles. The summed E-state index contributed by atoms with van der Waals surface area (Å²) in [7, 11) is 0. The van der Waals surface area contributed by atoms with E-state index in [2.05, 4.69) is 17.2 Å². The van der Waals surface area contributed by atoms with Gasteiger partial charge in [0, 0.05) is 5.69 Å². The van der Waals surface area contributed by atoms with Crippen molar-refractivity contribution in [1.29, 1.82) is 0 Å². The zero-order valence-corrected chi connectivity index (χ0v) is 9.94. The van der Waals surface area contributed by atoms with E-state index in [1.807, 2.05) is 31.2 Å². The van der Waals surface area contributed by atoms with Crippen LogP contribution in [0.5, 0.6) is 0 Å². The molecule has 0 aliphatic rings. The first-order valence-corrected chi connectivity index (χ1v) is 5.60. The highest BCUT2D eigenvalue weighted by Crippen LogP contribution is 2.17. The summed E-state index contributed by atoms with van der Waals surface area (Å²) in [4.78, 5) is 4.05. The molecular weight excluding hydrogens is 215 g/mol. The topological polar surface area (TPSA) is 24.9 Å². The highest BCUT2D eigenvalue weighted by molar-refractivity contribution is 5.45. The largest absolute Gasteiger partial charge is 0.377 e. The van der Waals surface area contributed by atoms with Crippen molar-refractivity contribution < 1.29 is 4.39 Å². The Labute approximate surface area is 101 Å². The standard InChI is InChI=1S/C14H15FN2/c1-10-3-6-13(7-4-10)17-11(2)14-8-5-12(15)9-16-14/h3-9,11,17H,1-2H3. The van der Waals surface area contributed by atoms with Crippen LogP contribution < -0.4 is 5.32 Å². The van der Waals surface area contributed by atoms with Gasteiger partial charge in [-0.15, -0.1) is 0 Å². The second-order valence-corrected chi connectivity index (χ2v) is 4.13. The highest BCUT2D eigenvalue weighted by Gasteiger charge is 2.06. The van der Waals surface area contributed by atoms with Crippen LogP contribution in [0, 0.1) is 12.7 Å². The normalized spacial score (nSPS) is 12.2.